The van der Waals surface area contributed by atoms with Crippen LogP contribution in [0.2, 0.25) is 5.02 Å². The third-order valence-corrected chi connectivity index (χ3v) is 6.05. The minimum atomic E-state index is -3.48. The lowest BCUT2D eigenvalue weighted by Gasteiger charge is -2.24. The lowest BCUT2D eigenvalue weighted by atomic mass is 10.1. The molecule has 0 radical (unpaired) electrons. The molecule has 1 unspecified atom stereocenters. The molecule has 1 aromatic carbocycles. The molecule has 2 aromatic rings. The molecule has 2 rings (SSSR count). The second-order valence-corrected chi connectivity index (χ2v) is 8.40. The van der Waals surface area contributed by atoms with Crippen LogP contribution in [0.25, 0.3) is 0 Å². The average Bonchev–Trinajstić information content (AvgIpc) is 2.98. The third kappa shape index (κ3) is 3.51. The Morgan fingerprint density at radius 2 is 2.00 bits per heavy atom. The van der Waals surface area contributed by atoms with E-state index in [0.29, 0.717) is 5.56 Å². The van der Waals surface area contributed by atoms with Crippen molar-refractivity contribution in [3.05, 3.63) is 51.2 Å². The maximum absolute atomic E-state index is 12.6. The normalized spacial score (nSPS) is 12.9. The van der Waals surface area contributed by atoms with E-state index in [-0.39, 0.29) is 21.9 Å². The monoisotopic (exact) mass is 357 g/mol. The molecule has 0 fully saturated rings. The van der Waals surface area contributed by atoms with Gasteiger partial charge in [0.05, 0.1) is 16.0 Å². The topological polar surface area (TPSA) is 54.5 Å². The van der Waals surface area contributed by atoms with E-state index in [0.717, 1.165) is 11.1 Å². The van der Waals surface area contributed by atoms with Gasteiger partial charge in [-0.2, -0.15) is 0 Å². The third-order valence-electron chi connectivity index (χ3n) is 3.43. The summed E-state index contributed by atoms with van der Waals surface area (Å²) in [6.45, 7) is 1.93. The number of thiophene rings is 1. The van der Waals surface area contributed by atoms with Crippen LogP contribution in [0, 0.1) is 0 Å². The number of halogens is 1. The molecule has 0 aliphatic carbocycles. The molecule has 0 saturated heterocycles. The lowest BCUT2D eigenvalue weighted by molar-refractivity contribution is 0.0744. The van der Waals surface area contributed by atoms with Crippen LogP contribution in [0.1, 0.15) is 28.2 Å². The number of carbonyl (C=O) groups is 1. The maximum Gasteiger partial charge on any atom is 0.254 e. The molecule has 0 aliphatic heterocycles. The second-order valence-electron chi connectivity index (χ2n) is 5.02. The molecule has 4 nitrogen and oxygen atoms in total. The summed E-state index contributed by atoms with van der Waals surface area (Å²) in [7, 11) is -1.78. The Bertz CT molecular complexity index is 785. The highest BCUT2D eigenvalue weighted by Gasteiger charge is 2.22. The van der Waals surface area contributed by atoms with E-state index in [9.17, 15) is 13.2 Å². The summed E-state index contributed by atoms with van der Waals surface area (Å²) >= 11 is 7.48. The Balaban J connectivity index is 2.34. The number of hydrogen-bond donors (Lipinski definition) is 0. The summed E-state index contributed by atoms with van der Waals surface area (Å²) in [5, 5.41) is 2.07. The van der Waals surface area contributed by atoms with Gasteiger partial charge in [0, 0.05) is 23.7 Å². The summed E-state index contributed by atoms with van der Waals surface area (Å²) in [6, 6.07) is 8.11. The molecule has 1 amide bonds. The highest BCUT2D eigenvalue weighted by atomic mass is 35.5. The van der Waals surface area contributed by atoms with Crippen LogP contribution in [0.4, 0.5) is 0 Å². The number of rotatable bonds is 4. The van der Waals surface area contributed by atoms with E-state index >= 15 is 0 Å². The van der Waals surface area contributed by atoms with E-state index in [1.165, 1.54) is 18.2 Å². The van der Waals surface area contributed by atoms with Crippen LogP contribution in [0.15, 0.2) is 40.6 Å². The van der Waals surface area contributed by atoms with Gasteiger partial charge in [0.1, 0.15) is 0 Å². The van der Waals surface area contributed by atoms with Gasteiger partial charge in [-0.15, -0.1) is 11.3 Å². The minimum absolute atomic E-state index is 0.0304. The maximum atomic E-state index is 12.6. The largest absolute Gasteiger partial charge is 0.334 e. The zero-order valence-electron chi connectivity index (χ0n) is 12.4. The molecule has 1 heterocycles. The summed E-state index contributed by atoms with van der Waals surface area (Å²) in [4.78, 5) is 15.2. The van der Waals surface area contributed by atoms with Crippen molar-refractivity contribution in [3.63, 3.8) is 0 Å². The summed E-state index contributed by atoms with van der Waals surface area (Å²) in [5.41, 5.74) is 0.302. The molecular formula is C15H16ClNO3S2. The fraction of sp³-hybridized carbons (Fsp3) is 0.267. The predicted octanol–water partition coefficient (Wildman–Crippen LogP) is 3.64. The summed E-state index contributed by atoms with van der Waals surface area (Å²) in [6.07, 6.45) is 1.07. The number of benzene rings is 1. The van der Waals surface area contributed by atoms with Gasteiger partial charge in [-0.1, -0.05) is 17.7 Å². The zero-order chi connectivity index (χ0) is 16.5. The summed E-state index contributed by atoms with van der Waals surface area (Å²) in [5.74, 6) is -0.248. The van der Waals surface area contributed by atoms with Crippen molar-refractivity contribution in [1.29, 1.82) is 0 Å². The number of sulfone groups is 1. The first-order valence-electron chi connectivity index (χ1n) is 6.52. The first-order valence-corrected chi connectivity index (χ1v) is 9.67. The van der Waals surface area contributed by atoms with Gasteiger partial charge in [0.25, 0.3) is 5.91 Å². The highest BCUT2D eigenvalue weighted by molar-refractivity contribution is 7.90. The van der Waals surface area contributed by atoms with Crippen molar-refractivity contribution < 1.29 is 13.2 Å². The van der Waals surface area contributed by atoms with Gasteiger partial charge in [-0.25, -0.2) is 8.42 Å². The molecule has 22 heavy (non-hydrogen) atoms. The fourth-order valence-corrected chi connectivity index (χ4v) is 4.15. The molecule has 118 valence electrons. The fourth-order valence-electron chi connectivity index (χ4n) is 2.02. The molecule has 0 N–H and O–H groups in total. The Kier molecular flexibility index (Phi) is 4.94. The standard InChI is InChI=1S/C15H16ClNO3S2/c1-10(13-5-4-8-21-13)17(2)15(18)11-6-7-12(16)14(9-11)22(3,19)20/h4-10H,1-3H3. The Morgan fingerprint density at radius 1 is 1.32 bits per heavy atom. The molecule has 0 bridgehead atoms. The van der Waals surface area contributed by atoms with Gasteiger partial charge in [-0.3, -0.25) is 4.79 Å². The van der Waals surface area contributed by atoms with Crippen LogP contribution in [-0.4, -0.2) is 32.5 Å². The van der Waals surface area contributed by atoms with Crippen LogP contribution in [0.3, 0.4) is 0 Å². The minimum Gasteiger partial charge on any atom is -0.334 e. The Hall–Kier alpha value is -1.37. The van der Waals surface area contributed by atoms with Crippen LogP contribution >= 0.6 is 22.9 Å². The molecule has 0 saturated carbocycles. The smallest absolute Gasteiger partial charge is 0.254 e. The molecule has 0 spiro atoms. The molecule has 1 atom stereocenters. The first-order chi connectivity index (χ1) is 10.2. The molecule has 7 heteroatoms. The second kappa shape index (κ2) is 6.40. The SMILES string of the molecule is CC(c1cccs1)N(C)C(=O)c1ccc(Cl)c(S(C)(=O)=O)c1. The summed E-state index contributed by atoms with van der Waals surface area (Å²) < 4.78 is 23.4. The van der Waals surface area contributed by atoms with Gasteiger partial charge in [0.2, 0.25) is 0 Å². The lowest BCUT2D eigenvalue weighted by Crippen LogP contribution is -2.29. The van der Waals surface area contributed by atoms with Gasteiger partial charge >= 0.3 is 0 Å². The quantitative estimate of drug-likeness (QED) is 0.839. The number of amides is 1. The van der Waals surface area contributed by atoms with Gasteiger partial charge in [-0.05, 0) is 36.6 Å². The van der Waals surface area contributed by atoms with Crippen molar-refractivity contribution in [1.82, 2.24) is 4.90 Å². The first kappa shape index (κ1) is 17.0. The van der Waals surface area contributed by atoms with Gasteiger partial charge < -0.3 is 4.90 Å². The van der Waals surface area contributed by atoms with Crippen molar-refractivity contribution in [2.75, 3.05) is 13.3 Å². The molecular weight excluding hydrogens is 342 g/mol. The number of nitrogens with zero attached hydrogens (tertiary/aromatic N) is 1. The predicted molar refractivity (Wildman–Crippen MR) is 89.4 cm³/mol. The van der Waals surface area contributed by atoms with E-state index in [4.69, 9.17) is 11.6 Å². The van der Waals surface area contributed by atoms with E-state index < -0.39 is 9.84 Å². The van der Waals surface area contributed by atoms with Gasteiger partial charge in [0.15, 0.2) is 9.84 Å². The highest BCUT2D eigenvalue weighted by Crippen LogP contribution is 2.27. The van der Waals surface area contributed by atoms with Crippen molar-refractivity contribution in [2.45, 2.75) is 17.9 Å². The van der Waals surface area contributed by atoms with Crippen LogP contribution < -0.4 is 0 Å². The van der Waals surface area contributed by atoms with Crippen LogP contribution in [-0.2, 0) is 9.84 Å². The molecule has 1 aromatic heterocycles. The van der Waals surface area contributed by atoms with Crippen molar-refractivity contribution in [2.24, 2.45) is 0 Å². The number of carbonyl (C=O) groups excluding carboxylic acids is 1. The van der Waals surface area contributed by atoms with Crippen molar-refractivity contribution >= 4 is 38.7 Å². The Morgan fingerprint density at radius 3 is 2.55 bits per heavy atom. The molecule has 0 aliphatic rings. The van der Waals surface area contributed by atoms with Crippen molar-refractivity contribution in [3.8, 4) is 0 Å². The van der Waals surface area contributed by atoms with E-state index in [1.54, 1.807) is 23.3 Å². The Labute approximate surface area is 139 Å². The van der Waals surface area contributed by atoms with E-state index in [1.807, 2.05) is 24.4 Å². The zero-order valence-corrected chi connectivity index (χ0v) is 14.8. The van der Waals surface area contributed by atoms with Crippen LogP contribution in [0.5, 0.6) is 0 Å². The van der Waals surface area contributed by atoms with E-state index in [2.05, 4.69) is 0 Å². The number of hydrogen-bond acceptors (Lipinski definition) is 4. The average molecular weight is 358 g/mol.